The van der Waals surface area contributed by atoms with Crippen LogP contribution in [0, 0.1) is 6.92 Å². The maximum Gasteiger partial charge on any atom is 0.177 e. The lowest BCUT2D eigenvalue weighted by atomic mass is 10.2. The van der Waals surface area contributed by atoms with Gasteiger partial charge in [0.05, 0.1) is 19.9 Å². The van der Waals surface area contributed by atoms with Crippen molar-refractivity contribution in [2.75, 3.05) is 7.11 Å². The lowest BCUT2D eigenvalue weighted by Gasteiger charge is -2.03. The van der Waals surface area contributed by atoms with Crippen molar-refractivity contribution in [3.8, 4) is 22.8 Å². The molecule has 2 aromatic heterocycles. The van der Waals surface area contributed by atoms with Crippen molar-refractivity contribution in [3.05, 3.63) is 78.1 Å². The van der Waals surface area contributed by atoms with Crippen molar-refractivity contribution in [2.24, 2.45) is 0 Å². The van der Waals surface area contributed by atoms with Gasteiger partial charge in [-0.05, 0) is 36.8 Å². The number of rotatable bonds is 5. The van der Waals surface area contributed by atoms with Crippen LogP contribution in [0.15, 0.2) is 66.9 Å². The van der Waals surface area contributed by atoms with E-state index in [0.717, 1.165) is 35.1 Å². The quantitative estimate of drug-likeness (QED) is 0.555. The molecule has 0 fully saturated rings. The molecular formula is C20H19N5O. The molecule has 0 atom stereocenters. The molecule has 4 aromatic rings. The molecule has 6 heteroatoms. The minimum Gasteiger partial charge on any atom is -0.497 e. The van der Waals surface area contributed by atoms with E-state index in [2.05, 4.69) is 27.5 Å². The lowest BCUT2D eigenvalue weighted by Crippen LogP contribution is -2.05. The van der Waals surface area contributed by atoms with Crippen LogP contribution >= 0.6 is 0 Å². The van der Waals surface area contributed by atoms with Gasteiger partial charge in [-0.3, -0.25) is 4.68 Å². The van der Waals surface area contributed by atoms with Crippen LogP contribution in [0.5, 0.6) is 5.75 Å². The smallest absolute Gasteiger partial charge is 0.177 e. The first-order valence-corrected chi connectivity index (χ1v) is 8.38. The number of benzene rings is 2. The van der Waals surface area contributed by atoms with E-state index in [9.17, 15) is 0 Å². The van der Waals surface area contributed by atoms with Gasteiger partial charge in [0.15, 0.2) is 5.82 Å². The molecule has 0 aliphatic rings. The molecule has 0 amide bonds. The van der Waals surface area contributed by atoms with Crippen LogP contribution in [0.2, 0.25) is 0 Å². The van der Waals surface area contributed by atoms with Crippen molar-refractivity contribution in [3.63, 3.8) is 0 Å². The van der Waals surface area contributed by atoms with E-state index in [-0.39, 0.29) is 0 Å². The highest BCUT2D eigenvalue weighted by Gasteiger charge is 2.10. The minimum absolute atomic E-state index is 0.729. The van der Waals surface area contributed by atoms with E-state index < -0.39 is 0 Å². The minimum atomic E-state index is 0.729. The number of methoxy groups -OCH3 is 1. The van der Waals surface area contributed by atoms with Gasteiger partial charge in [-0.2, -0.15) is 9.78 Å². The van der Waals surface area contributed by atoms with E-state index in [1.54, 1.807) is 11.8 Å². The third kappa shape index (κ3) is 3.21. The van der Waals surface area contributed by atoms with Crippen LogP contribution in [0.3, 0.4) is 0 Å². The maximum atomic E-state index is 5.19. The number of ether oxygens (including phenoxy) is 1. The molecule has 0 aliphatic carbocycles. The van der Waals surface area contributed by atoms with Gasteiger partial charge in [0, 0.05) is 17.3 Å². The SMILES string of the molecule is COc1ccc(-c2cn(-c3cc(C)n(Cc4ccccc4)n3)nn2)cc1. The standard InChI is InChI=1S/C20H19N5O/c1-15-12-20(22-24(15)13-16-6-4-3-5-7-16)25-14-19(21-23-25)17-8-10-18(26-2)11-9-17/h3-12,14H,13H2,1-2H3. The first-order valence-electron chi connectivity index (χ1n) is 8.38. The zero-order valence-corrected chi connectivity index (χ0v) is 14.7. The van der Waals surface area contributed by atoms with E-state index in [1.165, 1.54) is 5.56 Å². The van der Waals surface area contributed by atoms with Crippen LogP contribution < -0.4 is 4.74 Å². The zero-order chi connectivity index (χ0) is 17.9. The van der Waals surface area contributed by atoms with Gasteiger partial charge in [0.1, 0.15) is 11.4 Å². The summed E-state index contributed by atoms with van der Waals surface area (Å²) in [5.41, 5.74) is 4.06. The Bertz CT molecular complexity index is 1000. The van der Waals surface area contributed by atoms with Crippen LogP contribution in [0.25, 0.3) is 17.1 Å². The molecule has 26 heavy (non-hydrogen) atoms. The first kappa shape index (κ1) is 16.1. The Balaban J connectivity index is 1.58. The molecule has 0 saturated carbocycles. The molecule has 0 spiro atoms. The second-order valence-electron chi connectivity index (χ2n) is 6.06. The summed E-state index contributed by atoms with van der Waals surface area (Å²) in [4.78, 5) is 0. The summed E-state index contributed by atoms with van der Waals surface area (Å²) in [5.74, 6) is 1.57. The summed E-state index contributed by atoms with van der Waals surface area (Å²) in [5, 5.41) is 13.2. The normalized spacial score (nSPS) is 10.8. The first-order chi connectivity index (χ1) is 12.7. The Hall–Kier alpha value is -3.41. The second kappa shape index (κ2) is 6.84. The third-order valence-corrected chi connectivity index (χ3v) is 4.26. The lowest BCUT2D eigenvalue weighted by molar-refractivity contribution is 0.415. The largest absolute Gasteiger partial charge is 0.497 e. The molecule has 0 saturated heterocycles. The van der Waals surface area contributed by atoms with Crippen molar-refractivity contribution in [2.45, 2.75) is 13.5 Å². The van der Waals surface area contributed by atoms with Gasteiger partial charge in [0.25, 0.3) is 0 Å². The molecule has 6 nitrogen and oxygen atoms in total. The van der Waals surface area contributed by atoms with Gasteiger partial charge >= 0.3 is 0 Å². The van der Waals surface area contributed by atoms with E-state index in [0.29, 0.717) is 0 Å². The average Bonchev–Trinajstić information content (AvgIpc) is 3.30. The molecule has 0 N–H and O–H groups in total. The molecule has 0 aliphatic heterocycles. The van der Waals surface area contributed by atoms with E-state index in [1.807, 2.05) is 66.3 Å². The van der Waals surface area contributed by atoms with Crippen molar-refractivity contribution in [1.82, 2.24) is 24.8 Å². The van der Waals surface area contributed by atoms with Crippen molar-refractivity contribution >= 4 is 0 Å². The van der Waals surface area contributed by atoms with Gasteiger partial charge in [-0.15, -0.1) is 5.10 Å². The maximum absolute atomic E-state index is 5.19. The summed E-state index contributed by atoms with van der Waals surface area (Å²) < 4.78 is 8.86. The predicted molar refractivity (Wildman–Crippen MR) is 99.4 cm³/mol. The highest BCUT2D eigenvalue weighted by molar-refractivity contribution is 5.59. The van der Waals surface area contributed by atoms with Crippen molar-refractivity contribution < 1.29 is 4.74 Å². The summed E-state index contributed by atoms with van der Waals surface area (Å²) in [6.45, 7) is 2.77. The van der Waals surface area contributed by atoms with Crippen LogP contribution in [-0.4, -0.2) is 31.9 Å². The number of aromatic nitrogens is 5. The Labute approximate surface area is 151 Å². The fourth-order valence-corrected chi connectivity index (χ4v) is 2.79. The highest BCUT2D eigenvalue weighted by Crippen LogP contribution is 2.21. The number of aryl methyl sites for hydroxylation is 1. The summed E-state index contributed by atoms with van der Waals surface area (Å²) >= 11 is 0. The Morgan fingerprint density at radius 3 is 2.50 bits per heavy atom. The number of nitrogens with zero attached hydrogens (tertiary/aromatic N) is 5. The third-order valence-electron chi connectivity index (χ3n) is 4.26. The Kier molecular flexibility index (Phi) is 4.23. The zero-order valence-electron chi connectivity index (χ0n) is 14.7. The van der Waals surface area contributed by atoms with Crippen LogP contribution in [0.4, 0.5) is 0 Å². The van der Waals surface area contributed by atoms with Crippen LogP contribution in [-0.2, 0) is 6.54 Å². The molecule has 4 rings (SSSR count). The molecule has 130 valence electrons. The predicted octanol–water partition coefficient (Wildman–Crippen LogP) is 3.50. The molecule has 2 heterocycles. The fourth-order valence-electron chi connectivity index (χ4n) is 2.79. The Morgan fingerprint density at radius 1 is 1.00 bits per heavy atom. The second-order valence-corrected chi connectivity index (χ2v) is 6.06. The topological polar surface area (TPSA) is 57.8 Å². The molecular weight excluding hydrogens is 326 g/mol. The average molecular weight is 345 g/mol. The Morgan fingerprint density at radius 2 is 1.77 bits per heavy atom. The molecule has 0 bridgehead atoms. The van der Waals surface area contributed by atoms with Gasteiger partial charge < -0.3 is 4.74 Å². The van der Waals surface area contributed by atoms with Gasteiger partial charge in [-0.25, -0.2) is 0 Å². The van der Waals surface area contributed by atoms with Crippen molar-refractivity contribution in [1.29, 1.82) is 0 Å². The fraction of sp³-hybridized carbons (Fsp3) is 0.150. The van der Waals surface area contributed by atoms with Gasteiger partial charge in [-0.1, -0.05) is 35.5 Å². The highest BCUT2D eigenvalue weighted by atomic mass is 16.5. The summed E-state index contributed by atoms with van der Waals surface area (Å²) in [6, 6.07) is 20.0. The number of hydrogen-bond donors (Lipinski definition) is 0. The summed E-state index contributed by atoms with van der Waals surface area (Å²) in [7, 11) is 1.65. The van der Waals surface area contributed by atoms with E-state index >= 15 is 0 Å². The van der Waals surface area contributed by atoms with Gasteiger partial charge in [0.2, 0.25) is 0 Å². The molecule has 0 unspecified atom stereocenters. The molecule has 2 aromatic carbocycles. The number of hydrogen-bond acceptors (Lipinski definition) is 4. The van der Waals surface area contributed by atoms with E-state index in [4.69, 9.17) is 4.74 Å². The monoisotopic (exact) mass is 345 g/mol. The van der Waals surface area contributed by atoms with Crippen LogP contribution in [0.1, 0.15) is 11.3 Å². The molecule has 0 radical (unpaired) electrons. The summed E-state index contributed by atoms with van der Waals surface area (Å²) in [6.07, 6.45) is 1.89.